The lowest BCUT2D eigenvalue weighted by Crippen LogP contribution is -2.23. The Kier molecular flexibility index (Phi) is 5.99. The van der Waals surface area contributed by atoms with Crippen LogP contribution in [0.1, 0.15) is 6.42 Å². The van der Waals surface area contributed by atoms with Gasteiger partial charge in [-0.2, -0.15) is 0 Å². The molecule has 6 nitrogen and oxygen atoms in total. The van der Waals surface area contributed by atoms with Crippen molar-refractivity contribution in [3.05, 3.63) is 21.1 Å². The van der Waals surface area contributed by atoms with Gasteiger partial charge in [0.05, 0.1) is 26.9 Å². The van der Waals surface area contributed by atoms with Gasteiger partial charge in [-0.1, -0.05) is 0 Å². The molecule has 0 aliphatic rings. The van der Waals surface area contributed by atoms with Gasteiger partial charge in [0.2, 0.25) is 15.9 Å². The Morgan fingerprint density at radius 1 is 1.30 bits per heavy atom. The molecule has 0 unspecified atom stereocenters. The second kappa shape index (κ2) is 6.88. The zero-order valence-corrected chi connectivity index (χ0v) is 14.9. The van der Waals surface area contributed by atoms with Gasteiger partial charge < -0.3 is 9.64 Å². The van der Waals surface area contributed by atoms with Crippen molar-refractivity contribution in [1.82, 2.24) is 4.90 Å². The molecule has 2 N–H and O–H groups in total. The van der Waals surface area contributed by atoms with Crippen molar-refractivity contribution in [3.63, 3.8) is 0 Å². The maximum Gasteiger partial charge on any atom is 0.238 e. The molecule has 0 saturated carbocycles. The lowest BCUT2D eigenvalue weighted by Gasteiger charge is -2.13. The van der Waals surface area contributed by atoms with Crippen molar-refractivity contribution >= 4 is 47.8 Å². The van der Waals surface area contributed by atoms with E-state index in [0.717, 1.165) is 0 Å². The number of primary sulfonamides is 1. The van der Waals surface area contributed by atoms with Gasteiger partial charge in [-0.3, -0.25) is 4.79 Å². The summed E-state index contributed by atoms with van der Waals surface area (Å²) in [5.74, 6) is 0.363. The molecular formula is C11H14Br2N2O4S. The molecule has 0 aliphatic heterocycles. The summed E-state index contributed by atoms with van der Waals surface area (Å²) in [4.78, 5) is 12.9. The van der Waals surface area contributed by atoms with Crippen LogP contribution in [-0.4, -0.2) is 39.9 Å². The fourth-order valence-electron chi connectivity index (χ4n) is 1.30. The van der Waals surface area contributed by atoms with Crippen molar-refractivity contribution in [2.24, 2.45) is 5.14 Å². The first-order chi connectivity index (χ1) is 9.12. The number of nitrogens with zero attached hydrogens (tertiary/aromatic N) is 1. The van der Waals surface area contributed by atoms with Crippen LogP contribution in [0.2, 0.25) is 0 Å². The number of carbonyl (C=O) groups excluding carboxylic acids is 1. The molecule has 0 aromatic heterocycles. The molecule has 1 rings (SSSR count). The van der Waals surface area contributed by atoms with E-state index in [2.05, 4.69) is 31.9 Å². The van der Waals surface area contributed by atoms with Gasteiger partial charge in [-0.15, -0.1) is 0 Å². The number of halogens is 2. The zero-order valence-electron chi connectivity index (χ0n) is 10.9. The lowest BCUT2D eigenvalue weighted by atomic mass is 10.3. The Hall–Kier alpha value is -0.640. The number of ether oxygens (including phenoxy) is 1. The highest BCUT2D eigenvalue weighted by Crippen LogP contribution is 2.35. The smallest absolute Gasteiger partial charge is 0.238 e. The number of hydrogen-bond donors (Lipinski definition) is 1. The average Bonchev–Trinajstić information content (AvgIpc) is 2.30. The molecule has 20 heavy (non-hydrogen) atoms. The van der Waals surface area contributed by atoms with Crippen LogP contribution in [0.3, 0.4) is 0 Å². The molecule has 1 amide bonds. The van der Waals surface area contributed by atoms with E-state index in [1.165, 1.54) is 17.0 Å². The predicted molar refractivity (Wildman–Crippen MR) is 82.0 cm³/mol. The minimum absolute atomic E-state index is 0.0343. The summed E-state index contributed by atoms with van der Waals surface area (Å²) in [5, 5.41) is 5.06. The Morgan fingerprint density at radius 2 is 1.80 bits per heavy atom. The van der Waals surface area contributed by atoms with Gasteiger partial charge >= 0.3 is 0 Å². The number of benzene rings is 1. The van der Waals surface area contributed by atoms with E-state index in [1.807, 2.05) is 0 Å². The Morgan fingerprint density at radius 3 is 2.20 bits per heavy atom. The number of rotatable bonds is 5. The summed E-state index contributed by atoms with van der Waals surface area (Å²) in [6.07, 6.45) is 0.225. The molecular weight excluding hydrogens is 416 g/mol. The maximum absolute atomic E-state index is 11.4. The van der Waals surface area contributed by atoms with Crippen LogP contribution >= 0.6 is 31.9 Å². The first-order valence-corrected chi connectivity index (χ1v) is 8.61. The summed E-state index contributed by atoms with van der Waals surface area (Å²) >= 11 is 6.43. The first kappa shape index (κ1) is 17.4. The van der Waals surface area contributed by atoms with Crippen molar-refractivity contribution in [2.75, 3.05) is 20.7 Å². The van der Waals surface area contributed by atoms with Gasteiger partial charge in [-0.25, -0.2) is 13.6 Å². The number of amides is 1. The van der Waals surface area contributed by atoms with Crippen molar-refractivity contribution in [1.29, 1.82) is 0 Å². The fourth-order valence-corrected chi connectivity index (χ4v) is 3.59. The van der Waals surface area contributed by atoms with Crippen molar-refractivity contribution in [3.8, 4) is 5.75 Å². The second-order valence-electron chi connectivity index (χ2n) is 4.15. The highest BCUT2D eigenvalue weighted by atomic mass is 79.9. The molecule has 112 valence electrons. The molecule has 0 bridgehead atoms. The highest BCUT2D eigenvalue weighted by molar-refractivity contribution is 9.11. The summed E-state index contributed by atoms with van der Waals surface area (Å²) in [7, 11) is -0.463. The highest BCUT2D eigenvalue weighted by Gasteiger charge is 2.15. The van der Waals surface area contributed by atoms with Crippen molar-refractivity contribution < 1.29 is 17.9 Å². The van der Waals surface area contributed by atoms with Crippen LogP contribution < -0.4 is 9.88 Å². The van der Waals surface area contributed by atoms with Crippen LogP contribution in [0.4, 0.5) is 0 Å². The van der Waals surface area contributed by atoms with E-state index in [4.69, 9.17) is 9.88 Å². The SMILES string of the molecule is CN(C)C(=O)CCOc1c(Br)cc(S(N)(=O)=O)cc1Br. The molecule has 0 aliphatic carbocycles. The van der Waals surface area contributed by atoms with Crippen LogP contribution in [0.5, 0.6) is 5.75 Å². The number of nitrogens with two attached hydrogens (primary N) is 1. The van der Waals surface area contributed by atoms with Gasteiger partial charge in [-0.05, 0) is 44.0 Å². The van der Waals surface area contributed by atoms with E-state index >= 15 is 0 Å². The van der Waals surface area contributed by atoms with Gasteiger partial charge in [0.15, 0.2) is 0 Å². The Bertz CT molecular complexity index is 594. The predicted octanol–water partition coefficient (Wildman–Crippen LogP) is 1.72. The summed E-state index contributed by atoms with van der Waals surface area (Å²) in [5.41, 5.74) is 0. The minimum Gasteiger partial charge on any atom is -0.491 e. The molecule has 0 radical (unpaired) electrons. The first-order valence-electron chi connectivity index (χ1n) is 5.47. The minimum atomic E-state index is -3.79. The Balaban J connectivity index is 2.85. The molecule has 0 spiro atoms. The van der Waals surface area contributed by atoms with E-state index in [-0.39, 0.29) is 23.8 Å². The van der Waals surface area contributed by atoms with Gasteiger partial charge in [0.25, 0.3) is 0 Å². The monoisotopic (exact) mass is 428 g/mol. The maximum atomic E-state index is 11.4. The molecule has 1 aromatic rings. The van der Waals surface area contributed by atoms with Crippen molar-refractivity contribution in [2.45, 2.75) is 11.3 Å². The normalized spacial score (nSPS) is 11.2. The second-order valence-corrected chi connectivity index (χ2v) is 7.42. The van der Waals surface area contributed by atoms with Crippen LogP contribution in [0.15, 0.2) is 26.0 Å². The van der Waals surface area contributed by atoms with E-state index < -0.39 is 10.0 Å². The molecule has 0 heterocycles. The van der Waals surface area contributed by atoms with E-state index in [1.54, 1.807) is 14.1 Å². The van der Waals surface area contributed by atoms with E-state index in [9.17, 15) is 13.2 Å². The fraction of sp³-hybridized carbons (Fsp3) is 0.364. The number of hydrogen-bond acceptors (Lipinski definition) is 4. The Labute approximate surface area is 134 Å². The lowest BCUT2D eigenvalue weighted by molar-refractivity contribution is -0.129. The third-order valence-electron chi connectivity index (χ3n) is 2.36. The number of carbonyl (C=O) groups is 1. The van der Waals surface area contributed by atoms with Crippen LogP contribution in [0.25, 0.3) is 0 Å². The van der Waals surface area contributed by atoms with Crippen LogP contribution in [0, 0.1) is 0 Å². The molecule has 0 saturated heterocycles. The molecule has 9 heteroatoms. The largest absolute Gasteiger partial charge is 0.491 e. The summed E-state index contributed by atoms with van der Waals surface area (Å²) in [6, 6.07) is 2.70. The summed E-state index contributed by atoms with van der Waals surface area (Å²) in [6.45, 7) is 0.183. The third kappa shape index (κ3) is 4.72. The van der Waals surface area contributed by atoms with Gasteiger partial charge in [0.1, 0.15) is 5.75 Å². The quantitative estimate of drug-likeness (QED) is 0.771. The standard InChI is InChI=1S/C11H14Br2N2O4S/c1-15(2)10(16)3-4-19-11-8(12)5-7(6-9(11)13)20(14,17)18/h5-6H,3-4H2,1-2H3,(H2,14,17,18). The summed E-state index contributed by atoms with van der Waals surface area (Å²) < 4.78 is 28.9. The zero-order chi connectivity index (χ0) is 15.5. The van der Waals surface area contributed by atoms with Gasteiger partial charge in [0, 0.05) is 14.1 Å². The topological polar surface area (TPSA) is 89.7 Å². The van der Waals surface area contributed by atoms with Crippen LogP contribution in [-0.2, 0) is 14.8 Å². The molecule has 0 fully saturated rings. The number of sulfonamides is 1. The average molecular weight is 430 g/mol. The molecule has 1 aromatic carbocycles. The van der Waals surface area contributed by atoms with E-state index in [0.29, 0.717) is 14.7 Å². The molecule has 0 atom stereocenters. The third-order valence-corrected chi connectivity index (χ3v) is 4.43.